The van der Waals surface area contributed by atoms with Gasteiger partial charge in [0.2, 0.25) is 5.91 Å². The molecule has 0 aromatic heterocycles. The van der Waals surface area contributed by atoms with Crippen molar-refractivity contribution in [3.63, 3.8) is 0 Å². The molecule has 1 N–H and O–H groups in total. The molecule has 1 atom stereocenters. The van der Waals surface area contributed by atoms with Crippen LogP contribution >= 0.6 is 11.8 Å². The van der Waals surface area contributed by atoms with E-state index in [-0.39, 0.29) is 16.7 Å². The van der Waals surface area contributed by atoms with Gasteiger partial charge in [0.1, 0.15) is 6.04 Å². The van der Waals surface area contributed by atoms with Crippen LogP contribution in [0.1, 0.15) is 38.3 Å². The molecule has 1 fully saturated rings. The van der Waals surface area contributed by atoms with Crippen molar-refractivity contribution in [1.82, 2.24) is 10.2 Å². The second-order valence-corrected chi connectivity index (χ2v) is 6.61. The monoisotopic (exact) mass is 292 g/mol. The van der Waals surface area contributed by atoms with Crippen LogP contribution < -0.4 is 5.32 Å². The largest absolute Gasteiger partial charge is 0.327 e. The number of hydrogen-bond acceptors (Lipinski definition) is 3. The van der Waals surface area contributed by atoms with Gasteiger partial charge in [0.25, 0.3) is 0 Å². The van der Waals surface area contributed by atoms with Crippen molar-refractivity contribution >= 4 is 17.7 Å². The normalized spacial score (nSPS) is 19.6. The second kappa shape index (κ2) is 6.64. The highest BCUT2D eigenvalue weighted by molar-refractivity contribution is 8.00. The van der Waals surface area contributed by atoms with E-state index in [2.05, 4.69) is 25.4 Å². The van der Waals surface area contributed by atoms with Crippen molar-refractivity contribution in [3.8, 4) is 0 Å². The number of thioether (sulfide) groups is 1. The summed E-state index contributed by atoms with van der Waals surface area (Å²) in [6.45, 7) is 5.91. The van der Waals surface area contributed by atoms with E-state index in [0.29, 0.717) is 6.67 Å². The highest BCUT2D eigenvalue weighted by Crippen LogP contribution is 2.33. The van der Waals surface area contributed by atoms with E-state index in [4.69, 9.17) is 0 Å². The predicted molar refractivity (Wildman–Crippen MR) is 85.7 cm³/mol. The average Bonchev–Trinajstić information content (AvgIpc) is 2.87. The van der Waals surface area contributed by atoms with Crippen LogP contribution in [-0.4, -0.2) is 35.0 Å². The van der Waals surface area contributed by atoms with Gasteiger partial charge in [-0.25, -0.2) is 0 Å². The van der Waals surface area contributed by atoms with E-state index >= 15 is 0 Å². The first-order valence-electron chi connectivity index (χ1n) is 7.28. The van der Waals surface area contributed by atoms with Crippen molar-refractivity contribution in [2.75, 3.05) is 19.5 Å². The first-order chi connectivity index (χ1) is 9.65. The highest BCUT2D eigenvalue weighted by atomic mass is 32.2. The van der Waals surface area contributed by atoms with Gasteiger partial charge in [0.15, 0.2) is 0 Å². The van der Waals surface area contributed by atoms with Gasteiger partial charge >= 0.3 is 0 Å². The predicted octanol–water partition coefficient (Wildman–Crippen LogP) is 3.04. The lowest BCUT2D eigenvalue weighted by Crippen LogP contribution is -2.41. The third-order valence-electron chi connectivity index (χ3n) is 4.38. The van der Waals surface area contributed by atoms with Crippen molar-refractivity contribution in [2.24, 2.45) is 0 Å². The highest BCUT2D eigenvalue weighted by Gasteiger charge is 2.37. The summed E-state index contributed by atoms with van der Waals surface area (Å²) in [6.07, 6.45) is 4.32. The Morgan fingerprint density at radius 1 is 1.30 bits per heavy atom. The van der Waals surface area contributed by atoms with Gasteiger partial charge in [0.05, 0.1) is 6.67 Å². The van der Waals surface area contributed by atoms with Crippen molar-refractivity contribution in [3.05, 3.63) is 35.9 Å². The Balaban J connectivity index is 2.08. The van der Waals surface area contributed by atoms with Crippen LogP contribution in [0.15, 0.2) is 30.3 Å². The van der Waals surface area contributed by atoms with Gasteiger partial charge in [-0.2, -0.15) is 11.8 Å². The fourth-order valence-electron chi connectivity index (χ4n) is 2.76. The summed E-state index contributed by atoms with van der Waals surface area (Å²) in [7, 11) is 0. The minimum Gasteiger partial charge on any atom is -0.327 e. The molecular formula is C16H24N2OS. The Labute approximate surface area is 126 Å². The van der Waals surface area contributed by atoms with Crippen molar-refractivity contribution < 1.29 is 4.79 Å². The molecule has 20 heavy (non-hydrogen) atoms. The third-order valence-corrected chi connectivity index (χ3v) is 5.95. The number of carbonyl (C=O) groups is 1. The van der Waals surface area contributed by atoms with Crippen LogP contribution in [0.25, 0.3) is 0 Å². The molecule has 1 aromatic rings. The zero-order valence-corrected chi connectivity index (χ0v) is 13.4. The van der Waals surface area contributed by atoms with E-state index in [1.807, 2.05) is 47.0 Å². The molecule has 2 rings (SSSR count). The van der Waals surface area contributed by atoms with Crippen LogP contribution in [0.3, 0.4) is 0 Å². The number of carbonyl (C=O) groups excluding carboxylic acids is 1. The van der Waals surface area contributed by atoms with Gasteiger partial charge in [-0.3, -0.25) is 10.1 Å². The zero-order valence-electron chi connectivity index (χ0n) is 12.6. The number of nitrogens with one attached hydrogen (secondary N) is 1. The third kappa shape index (κ3) is 3.01. The quantitative estimate of drug-likeness (QED) is 0.874. The maximum Gasteiger partial charge on any atom is 0.245 e. The molecule has 1 saturated heterocycles. The first kappa shape index (κ1) is 15.4. The average molecular weight is 292 g/mol. The molecule has 1 aliphatic heterocycles. The Kier molecular flexibility index (Phi) is 5.11. The minimum atomic E-state index is -0.176. The number of benzene rings is 1. The molecule has 0 bridgehead atoms. The summed E-state index contributed by atoms with van der Waals surface area (Å²) in [5, 5.41) is 3.33. The Morgan fingerprint density at radius 3 is 2.50 bits per heavy atom. The summed E-state index contributed by atoms with van der Waals surface area (Å²) in [6, 6.07) is 9.80. The van der Waals surface area contributed by atoms with E-state index in [0.717, 1.165) is 24.9 Å². The number of nitrogens with zero attached hydrogens (tertiary/aromatic N) is 1. The van der Waals surface area contributed by atoms with Gasteiger partial charge < -0.3 is 4.90 Å². The maximum atomic E-state index is 12.6. The summed E-state index contributed by atoms with van der Waals surface area (Å²) in [5.74, 6) is 0.205. The minimum absolute atomic E-state index is 0.176. The number of rotatable bonds is 6. The van der Waals surface area contributed by atoms with Gasteiger partial charge in [-0.1, -0.05) is 44.2 Å². The summed E-state index contributed by atoms with van der Waals surface area (Å²) < 4.78 is 0.183. The molecule has 0 aliphatic carbocycles. The number of hydrogen-bond donors (Lipinski definition) is 1. The molecule has 1 aliphatic rings. The van der Waals surface area contributed by atoms with Gasteiger partial charge in [0, 0.05) is 11.3 Å². The molecule has 4 heteroatoms. The van der Waals surface area contributed by atoms with Crippen LogP contribution in [-0.2, 0) is 4.79 Å². The second-order valence-electron chi connectivity index (χ2n) is 5.34. The van der Waals surface area contributed by atoms with Crippen LogP contribution in [0.4, 0.5) is 0 Å². The summed E-state index contributed by atoms with van der Waals surface area (Å²) in [4.78, 5) is 14.6. The zero-order chi connectivity index (χ0) is 14.6. The molecule has 0 radical (unpaired) electrons. The topological polar surface area (TPSA) is 32.3 Å². The first-order valence-corrected chi connectivity index (χ1v) is 8.50. The smallest absolute Gasteiger partial charge is 0.245 e. The standard InChI is InChI=1S/C16H24N2OS/c1-4-16(5-2,20-3)11-18-12-17-14(15(18)19)13-9-7-6-8-10-13/h6-10,14,17H,4-5,11-12H2,1-3H3. The number of amides is 1. The van der Waals surface area contributed by atoms with Gasteiger partial charge in [-0.15, -0.1) is 0 Å². The van der Waals surface area contributed by atoms with Crippen LogP contribution in [0, 0.1) is 0 Å². The van der Waals surface area contributed by atoms with E-state index in [1.165, 1.54) is 0 Å². The molecular weight excluding hydrogens is 268 g/mol. The maximum absolute atomic E-state index is 12.6. The Morgan fingerprint density at radius 2 is 1.95 bits per heavy atom. The lowest BCUT2D eigenvalue weighted by atomic mass is 10.0. The molecule has 0 saturated carbocycles. The van der Waals surface area contributed by atoms with Crippen LogP contribution in [0.5, 0.6) is 0 Å². The lowest BCUT2D eigenvalue weighted by molar-refractivity contribution is -0.129. The summed E-state index contributed by atoms with van der Waals surface area (Å²) in [5.41, 5.74) is 1.06. The van der Waals surface area contributed by atoms with Gasteiger partial charge in [-0.05, 0) is 24.7 Å². The fourth-order valence-corrected chi connectivity index (χ4v) is 3.63. The Bertz CT molecular complexity index is 437. The molecule has 1 heterocycles. The van der Waals surface area contributed by atoms with Crippen molar-refractivity contribution in [2.45, 2.75) is 37.5 Å². The lowest BCUT2D eigenvalue weighted by Gasteiger charge is -2.33. The van der Waals surface area contributed by atoms with E-state index in [9.17, 15) is 4.79 Å². The fraction of sp³-hybridized carbons (Fsp3) is 0.562. The van der Waals surface area contributed by atoms with E-state index < -0.39 is 0 Å². The SMILES string of the molecule is CCC(CC)(CN1CNC(c2ccccc2)C1=O)SC. The molecule has 0 spiro atoms. The molecule has 1 unspecified atom stereocenters. The van der Waals surface area contributed by atoms with E-state index in [1.54, 1.807) is 0 Å². The molecule has 1 amide bonds. The molecule has 1 aromatic carbocycles. The van der Waals surface area contributed by atoms with Crippen LogP contribution in [0.2, 0.25) is 0 Å². The molecule has 110 valence electrons. The summed E-state index contributed by atoms with van der Waals surface area (Å²) >= 11 is 1.88. The molecule has 3 nitrogen and oxygen atoms in total. The van der Waals surface area contributed by atoms with Crippen molar-refractivity contribution in [1.29, 1.82) is 0 Å². The Hall–Kier alpha value is -1.000.